The lowest BCUT2D eigenvalue weighted by Crippen LogP contribution is -2.22. The van der Waals surface area contributed by atoms with E-state index in [4.69, 9.17) is 0 Å². The van der Waals surface area contributed by atoms with E-state index < -0.39 is 0 Å². The van der Waals surface area contributed by atoms with Gasteiger partial charge in [0.25, 0.3) is 5.56 Å². The molecule has 0 unspecified atom stereocenters. The predicted molar refractivity (Wildman–Crippen MR) is 102 cm³/mol. The van der Waals surface area contributed by atoms with Crippen LogP contribution in [0.4, 0.5) is 5.95 Å². The maximum atomic E-state index is 13.1. The third-order valence-corrected chi connectivity index (χ3v) is 5.18. The first kappa shape index (κ1) is 16.4. The van der Waals surface area contributed by atoms with E-state index in [0.29, 0.717) is 11.3 Å². The van der Waals surface area contributed by atoms with Crippen LogP contribution >= 0.6 is 11.3 Å². The Morgan fingerprint density at radius 1 is 1.29 bits per heavy atom. The van der Waals surface area contributed by atoms with E-state index in [1.165, 1.54) is 11.3 Å². The van der Waals surface area contributed by atoms with Gasteiger partial charge in [-0.1, -0.05) is 25.1 Å². The normalized spacial score (nSPS) is 11.9. The third kappa shape index (κ3) is 2.85. The van der Waals surface area contributed by atoms with Crippen molar-refractivity contribution in [2.24, 2.45) is 5.10 Å². The first-order valence-electron chi connectivity index (χ1n) is 7.90. The summed E-state index contributed by atoms with van der Waals surface area (Å²) >= 11 is 1.54. The minimum Gasteiger partial charge on any atom is -0.268 e. The van der Waals surface area contributed by atoms with Crippen LogP contribution in [0.1, 0.15) is 30.7 Å². The van der Waals surface area contributed by atoms with Crippen LogP contribution in [0.3, 0.4) is 0 Å². The molecule has 124 valence electrons. The number of nitrogens with one attached hydrogen (secondary N) is 1. The maximum Gasteiger partial charge on any atom is 0.268 e. The zero-order valence-electron chi connectivity index (χ0n) is 14.3. The van der Waals surface area contributed by atoms with E-state index in [1.54, 1.807) is 4.57 Å². The Kier molecular flexibility index (Phi) is 4.49. The molecule has 0 aliphatic rings. The molecule has 2 aromatic heterocycles. The number of benzene rings is 1. The van der Waals surface area contributed by atoms with E-state index in [9.17, 15) is 4.79 Å². The summed E-state index contributed by atoms with van der Waals surface area (Å²) < 4.78 is 1.59. The lowest BCUT2D eigenvalue weighted by Gasteiger charge is -2.12. The molecule has 1 N–H and O–H groups in total. The van der Waals surface area contributed by atoms with Crippen molar-refractivity contribution in [2.45, 2.75) is 34.1 Å². The van der Waals surface area contributed by atoms with Gasteiger partial charge in [0.1, 0.15) is 4.83 Å². The van der Waals surface area contributed by atoms with Crippen molar-refractivity contribution in [3.05, 3.63) is 51.1 Å². The van der Waals surface area contributed by atoms with Crippen molar-refractivity contribution in [1.29, 1.82) is 0 Å². The van der Waals surface area contributed by atoms with E-state index >= 15 is 0 Å². The van der Waals surface area contributed by atoms with Gasteiger partial charge in [-0.05, 0) is 44.9 Å². The Morgan fingerprint density at radius 3 is 2.67 bits per heavy atom. The van der Waals surface area contributed by atoms with Crippen LogP contribution in [0.15, 0.2) is 40.2 Å². The average Bonchev–Trinajstić information content (AvgIpc) is 2.88. The fourth-order valence-electron chi connectivity index (χ4n) is 2.41. The second-order valence-electron chi connectivity index (χ2n) is 5.69. The Bertz CT molecular complexity index is 970. The van der Waals surface area contributed by atoms with Gasteiger partial charge in [0.05, 0.1) is 11.1 Å². The summed E-state index contributed by atoms with van der Waals surface area (Å²) in [6.45, 7) is 7.96. The van der Waals surface area contributed by atoms with Crippen LogP contribution in [-0.4, -0.2) is 15.3 Å². The minimum absolute atomic E-state index is 0.0695. The molecule has 0 fully saturated rings. The van der Waals surface area contributed by atoms with Gasteiger partial charge in [-0.2, -0.15) is 5.10 Å². The van der Waals surface area contributed by atoms with Crippen molar-refractivity contribution < 1.29 is 0 Å². The number of hydrogen-bond donors (Lipinski definition) is 1. The average molecular weight is 340 g/mol. The third-order valence-electron chi connectivity index (χ3n) is 4.08. The minimum atomic E-state index is -0.0695. The number of nitrogens with zero attached hydrogens (tertiary/aromatic N) is 3. The molecule has 0 saturated heterocycles. The van der Waals surface area contributed by atoms with Crippen molar-refractivity contribution >= 4 is 33.2 Å². The summed E-state index contributed by atoms with van der Waals surface area (Å²) in [4.78, 5) is 19.7. The molecule has 0 atom stereocenters. The van der Waals surface area contributed by atoms with Crippen molar-refractivity contribution in [3.8, 4) is 5.69 Å². The SMILES string of the molecule is CC/C(C)=N/Nc1nc2sc(C)c(C)c2c(=O)n1-c1ccccc1. The Hall–Kier alpha value is -2.47. The highest BCUT2D eigenvalue weighted by Crippen LogP contribution is 2.28. The molecule has 2 heterocycles. The molecule has 6 heteroatoms. The Morgan fingerprint density at radius 2 is 2.00 bits per heavy atom. The van der Waals surface area contributed by atoms with Gasteiger partial charge in [0, 0.05) is 10.6 Å². The number of para-hydroxylation sites is 1. The molecule has 1 aromatic carbocycles. The van der Waals surface area contributed by atoms with E-state index in [1.807, 2.05) is 58.0 Å². The standard InChI is InChI=1S/C18H20N4OS/c1-5-11(2)20-21-18-19-16-15(12(3)13(4)24-16)17(23)22(18)14-9-7-6-8-10-14/h6-10H,5H2,1-4H3,(H,19,21)/b20-11+. The topological polar surface area (TPSA) is 59.3 Å². The number of aryl methyl sites for hydroxylation is 2. The fraction of sp³-hybridized carbons (Fsp3) is 0.278. The molecule has 24 heavy (non-hydrogen) atoms. The smallest absolute Gasteiger partial charge is 0.268 e. The lowest BCUT2D eigenvalue weighted by molar-refractivity contribution is 0.955. The maximum absolute atomic E-state index is 13.1. The largest absolute Gasteiger partial charge is 0.268 e. The zero-order chi connectivity index (χ0) is 17.3. The monoisotopic (exact) mass is 340 g/mol. The number of rotatable bonds is 4. The van der Waals surface area contributed by atoms with Crippen LogP contribution < -0.4 is 11.0 Å². The Labute approximate surface area is 144 Å². The van der Waals surface area contributed by atoms with Gasteiger partial charge in [-0.3, -0.25) is 4.79 Å². The van der Waals surface area contributed by atoms with E-state index in [-0.39, 0.29) is 5.56 Å². The van der Waals surface area contributed by atoms with Crippen LogP contribution in [0.25, 0.3) is 15.9 Å². The first-order chi connectivity index (χ1) is 11.5. The molecule has 0 aliphatic carbocycles. The summed E-state index contributed by atoms with van der Waals surface area (Å²) in [5, 5.41) is 5.01. The predicted octanol–water partition coefficient (Wildman–Crippen LogP) is 4.26. The van der Waals surface area contributed by atoms with E-state index in [0.717, 1.165) is 33.1 Å². The van der Waals surface area contributed by atoms with Gasteiger partial charge < -0.3 is 0 Å². The Balaban J connectivity index is 2.30. The number of thiophene rings is 1. The highest BCUT2D eigenvalue weighted by molar-refractivity contribution is 7.18. The van der Waals surface area contributed by atoms with Gasteiger partial charge in [0.2, 0.25) is 5.95 Å². The van der Waals surface area contributed by atoms with E-state index in [2.05, 4.69) is 15.5 Å². The molecule has 5 nitrogen and oxygen atoms in total. The molecule has 0 spiro atoms. The summed E-state index contributed by atoms with van der Waals surface area (Å²) in [5.41, 5.74) is 5.62. The highest BCUT2D eigenvalue weighted by Gasteiger charge is 2.17. The van der Waals surface area contributed by atoms with Crippen molar-refractivity contribution in [1.82, 2.24) is 9.55 Å². The lowest BCUT2D eigenvalue weighted by atomic mass is 10.2. The number of hydrogen-bond acceptors (Lipinski definition) is 5. The summed E-state index contributed by atoms with van der Waals surface area (Å²) in [6.07, 6.45) is 0.835. The molecule has 3 aromatic rings. The number of hydrazone groups is 1. The molecule has 3 rings (SSSR count). The quantitative estimate of drug-likeness (QED) is 0.570. The van der Waals surface area contributed by atoms with Gasteiger partial charge in [0.15, 0.2) is 0 Å². The molecule has 0 bridgehead atoms. The zero-order valence-corrected chi connectivity index (χ0v) is 15.1. The van der Waals surface area contributed by atoms with Crippen molar-refractivity contribution in [3.63, 3.8) is 0 Å². The number of anilines is 1. The first-order valence-corrected chi connectivity index (χ1v) is 8.72. The second kappa shape index (κ2) is 6.57. The molecule has 0 saturated carbocycles. The molecule has 0 radical (unpaired) electrons. The molecule has 0 amide bonds. The van der Waals surface area contributed by atoms with Crippen molar-refractivity contribution in [2.75, 3.05) is 5.43 Å². The van der Waals surface area contributed by atoms with Gasteiger partial charge in [-0.15, -0.1) is 11.3 Å². The van der Waals surface area contributed by atoms with Gasteiger partial charge >= 0.3 is 0 Å². The van der Waals surface area contributed by atoms with Crippen LogP contribution in [0.5, 0.6) is 0 Å². The molecular weight excluding hydrogens is 320 g/mol. The second-order valence-corrected chi connectivity index (χ2v) is 6.89. The molecule has 0 aliphatic heterocycles. The highest BCUT2D eigenvalue weighted by atomic mass is 32.1. The van der Waals surface area contributed by atoms with Crippen LogP contribution in [0, 0.1) is 13.8 Å². The summed E-state index contributed by atoms with van der Waals surface area (Å²) in [6, 6.07) is 9.52. The summed E-state index contributed by atoms with van der Waals surface area (Å²) in [5.74, 6) is 0.438. The fourth-order valence-corrected chi connectivity index (χ4v) is 3.43. The molecular formula is C18H20N4OS. The summed E-state index contributed by atoms with van der Waals surface area (Å²) in [7, 11) is 0. The van der Waals surface area contributed by atoms with Gasteiger partial charge in [-0.25, -0.2) is 15.0 Å². The van der Waals surface area contributed by atoms with Crippen LogP contribution in [0.2, 0.25) is 0 Å². The number of aromatic nitrogens is 2. The number of fused-ring (bicyclic) bond motifs is 1. The van der Waals surface area contributed by atoms with Crippen LogP contribution in [-0.2, 0) is 0 Å².